The Morgan fingerprint density at radius 3 is 2.48 bits per heavy atom. The van der Waals surface area contributed by atoms with Crippen LogP contribution in [0.25, 0.3) is 5.69 Å². The van der Waals surface area contributed by atoms with E-state index in [-0.39, 0.29) is 0 Å². The van der Waals surface area contributed by atoms with Crippen LogP contribution in [-0.4, -0.2) is 34.4 Å². The number of halogens is 1. The van der Waals surface area contributed by atoms with Crippen molar-refractivity contribution in [2.45, 2.75) is 38.9 Å². The van der Waals surface area contributed by atoms with Gasteiger partial charge in [0.05, 0.1) is 27.5 Å². The fraction of sp³-hybridized carbons (Fsp3) is 0.375. The topological polar surface area (TPSA) is 53.4 Å². The summed E-state index contributed by atoms with van der Waals surface area (Å²) in [7, 11) is -0.493. The van der Waals surface area contributed by atoms with Gasteiger partial charge in [-0.15, -0.1) is 0 Å². The summed E-state index contributed by atoms with van der Waals surface area (Å²) in [4.78, 5) is 11.3. The summed E-state index contributed by atoms with van der Waals surface area (Å²) in [5.41, 5.74) is 0.988. The van der Waals surface area contributed by atoms with E-state index in [4.69, 9.17) is 20.9 Å². The van der Waals surface area contributed by atoms with Gasteiger partial charge in [-0.2, -0.15) is 5.10 Å². The van der Waals surface area contributed by atoms with Crippen LogP contribution in [0.1, 0.15) is 38.1 Å². The van der Waals surface area contributed by atoms with Crippen molar-refractivity contribution in [2.75, 3.05) is 0 Å². The van der Waals surface area contributed by atoms with Gasteiger partial charge in [0.25, 0.3) is 0 Å². The number of hydrogen-bond acceptors (Lipinski definition) is 4. The minimum Gasteiger partial charge on any atom is -0.399 e. The fourth-order valence-corrected chi connectivity index (χ4v) is 2.63. The standard InChI is InChI=1S/C16H18BClN2O3/c1-15(2)16(3,4)23-17(22-15)11-8-19-20(9-11)14-7-5-6-13(18)12(14)10-21/h5-10H,1-4H3. The summed E-state index contributed by atoms with van der Waals surface area (Å²) in [6, 6.07) is 5.24. The van der Waals surface area contributed by atoms with Gasteiger partial charge in [0.1, 0.15) is 0 Å². The lowest BCUT2D eigenvalue weighted by Crippen LogP contribution is -2.41. The zero-order chi connectivity index (χ0) is 16.8. The second kappa shape index (κ2) is 5.48. The number of carbonyl (C=O) groups is 1. The molecule has 0 spiro atoms. The first-order valence-electron chi connectivity index (χ1n) is 7.39. The number of benzene rings is 1. The lowest BCUT2D eigenvalue weighted by atomic mass is 9.82. The van der Waals surface area contributed by atoms with E-state index >= 15 is 0 Å². The normalized spacial score (nSPS) is 19.1. The lowest BCUT2D eigenvalue weighted by molar-refractivity contribution is 0.00578. The summed E-state index contributed by atoms with van der Waals surface area (Å²) in [6.07, 6.45) is 4.20. The second-order valence-corrected chi connectivity index (χ2v) is 7.00. The van der Waals surface area contributed by atoms with Gasteiger partial charge in [-0.25, -0.2) is 4.68 Å². The molecule has 0 bridgehead atoms. The molecule has 7 heteroatoms. The van der Waals surface area contributed by atoms with Gasteiger partial charge >= 0.3 is 7.12 Å². The molecule has 3 rings (SSSR count). The Hall–Kier alpha value is -1.63. The van der Waals surface area contributed by atoms with Crippen molar-refractivity contribution in [3.63, 3.8) is 0 Å². The lowest BCUT2D eigenvalue weighted by Gasteiger charge is -2.32. The molecule has 5 nitrogen and oxygen atoms in total. The molecule has 120 valence electrons. The molecular weight excluding hydrogens is 314 g/mol. The molecule has 1 fully saturated rings. The van der Waals surface area contributed by atoms with E-state index in [0.717, 1.165) is 11.7 Å². The third-order valence-corrected chi connectivity index (χ3v) is 4.85. The van der Waals surface area contributed by atoms with Crippen LogP contribution in [0.15, 0.2) is 30.6 Å². The monoisotopic (exact) mass is 332 g/mol. The predicted molar refractivity (Wildman–Crippen MR) is 89.7 cm³/mol. The molecule has 23 heavy (non-hydrogen) atoms. The van der Waals surface area contributed by atoms with E-state index in [0.29, 0.717) is 16.3 Å². The smallest absolute Gasteiger partial charge is 0.399 e. The number of aromatic nitrogens is 2. The van der Waals surface area contributed by atoms with Crippen molar-refractivity contribution in [3.8, 4) is 5.69 Å². The van der Waals surface area contributed by atoms with Crippen molar-refractivity contribution in [1.82, 2.24) is 9.78 Å². The van der Waals surface area contributed by atoms with Crippen molar-refractivity contribution in [1.29, 1.82) is 0 Å². The SMILES string of the molecule is CC1(C)OB(c2cnn(-c3cccc(Cl)c3C=O)c2)OC1(C)C. The Kier molecular flexibility index (Phi) is 3.87. The summed E-state index contributed by atoms with van der Waals surface area (Å²) in [6.45, 7) is 8.00. The quantitative estimate of drug-likeness (QED) is 0.640. The molecule has 0 saturated carbocycles. The van der Waals surface area contributed by atoms with E-state index in [1.807, 2.05) is 27.7 Å². The number of rotatable bonds is 3. The molecule has 1 saturated heterocycles. The molecule has 1 aromatic heterocycles. The molecule has 0 amide bonds. The first-order chi connectivity index (χ1) is 10.7. The molecular formula is C16H18BClN2O3. The Bertz CT molecular complexity index is 742. The fourth-order valence-electron chi connectivity index (χ4n) is 2.41. The molecule has 2 aromatic rings. The molecule has 1 aromatic carbocycles. The maximum Gasteiger partial charge on any atom is 0.498 e. The highest BCUT2D eigenvalue weighted by atomic mass is 35.5. The van der Waals surface area contributed by atoms with E-state index in [2.05, 4.69) is 5.10 Å². The van der Waals surface area contributed by atoms with Gasteiger partial charge in [0.15, 0.2) is 6.29 Å². The van der Waals surface area contributed by atoms with Crippen LogP contribution in [0.5, 0.6) is 0 Å². The number of nitrogens with zero attached hydrogens (tertiary/aromatic N) is 2. The van der Waals surface area contributed by atoms with Crippen LogP contribution in [0.4, 0.5) is 0 Å². The van der Waals surface area contributed by atoms with Crippen LogP contribution < -0.4 is 5.46 Å². The number of hydrogen-bond donors (Lipinski definition) is 0. The summed E-state index contributed by atoms with van der Waals surface area (Å²) in [5, 5.41) is 4.71. The largest absolute Gasteiger partial charge is 0.498 e. The Morgan fingerprint density at radius 2 is 1.87 bits per heavy atom. The van der Waals surface area contributed by atoms with Crippen molar-refractivity contribution < 1.29 is 14.1 Å². The highest BCUT2D eigenvalue weighted by molar-refractivity contribution is 6.62. The molecule has 1 aliphatic heterocycles. The molecule has 0 atom stereocenters. The number of carbonyl (C=O) groups excluding carboxylic acids is 1. The Morgan fingerprint density at radius 1 is 1.22 bits per heavy atom. The summed E-state index contributed by atoms with van der Waals surface area (Å²) >= 11 is 6.07. The van der Waals surface area contributed by atoms with E-state index < -0.39 is 18.3 Å². The van der Waals surface area contributed by atoms with E-state index in [1.54, 1.807) is 35.3 Å². The summed E-state index contributed by atoms with van der Waals surface area (Å²) < 4.78 is 13.6. The highest BCUT2D eigenvalue weighted by Crippen LogP contribution is 2.36. The van der Waals surface area contributed by atoms with Gasteiger partial charge in [0, 0.05) is 17.9 Å². The molecule has 0 N–H and O–H groups in total. The average molecular weight is 333 g/mol. The molecule has 0 unspecified atom stereocenters. The minimum absolute atomic E-state index is 0.394. The zero-order valence-corrected chi connectivity index (χ0v) is 14.3. The third kappa shape index (κ3) is 2.71. The average Bonchev–Trinajstić information content (AvgIpc) is 3.02. The van der Waals surface area contributed by atoms with Crippen LogP contribution in [0.2, 0.25) is 5.02 Å². The Labute approximate surface area is 140 Å². The molecule has 0 radical (unpaired) electrons. The van der Waals surface area contributed by atoms with Gasteiger partial charge < -0.3 is 9.31 Å². The third-order valence-electron chi connectivity index (χ3n) is 4.52. The Balaban J connectivity index is 1.94. The van der Waals surface area contributed by atoms with Gasteiger partial charge in [0.2, 0.25) is 0 Å². The van der Waals surface area contributed by atoms with Crippen molar-refractivity contribution in [3.05, 3.63) is 41.2 Å². The maximum atomic E-state index is 11.3. The van der Waals surface area contributed by atoms with Crippen LogP contribution in [0.3, 0.4) is 0 Å². The number of aldehydes is 1. The first kappa shape index (κ1) is 16.2. The highest BCUT2D eigenvalue weighted by Gasteiger charge is 2.52. The van der Waals surface area contributed by atoms with Crippen molar-refractivity contribution in [2.24, 2.45) is 0 Å². The van der Waals surface area contributed by atoms with Crippen LogP contribution >= 0.6 is 11.6 Å². The van der Waals surface area contributed by atoms with Crippen LogP contribution in [0, 0.1) is 0 Å². The minimum atomic E-state index is -0.493. The zero-order valence-electron chi connectivity index (χ0n) is 13.5. The predicted octanol–water partition coefficient (Wildman–Crippen LogP) is 2.64. The molecule has 1 aliphatic rings. The molecule has 2 heterocycles. The maximum absolute atomic E-state index is 11.3. The van der Waals surface area contributed by atoms with Crippen molar-refractivity contribution >= 4 is 30.5 Å². The van der Waals surface area contributed by atoms with Gasteiger partial charge in [-0.1, -0.05) is 17.7 Å². The second-order valence-electron chi connectivity index (χ2n) is 6.60. The van der Waals surface area contributed by atoms with Gasteiger partial charge in [-0.3, -0.25) is 4.79 Å². The van der Waals surface area contributed by atoms with Crippen LogP contribution in [-0.2, 0) is 9.31 Å². The van der Waals surface area contributed by atoms with Gasteiger partial charge in [-0.05, 0) is 39.8 Å². The molecule has 0 aliphatic carbocycles. The summed E-state index contributed by atoms with van der Waals surface area (Å²) in [5.74, 6) is 0. The van der Waals surface area contributed by atoms with E-state index in [1.165, 1.54) is 0 Å². The van der Waals surface area contributed by atoms with E-state index in [9.17, 15) is 4.79 Å². The first-order valence-corrected chi connectivity index (χ1v) is 7.77.